The van der Waals surface area contributed by atoms with Gasteiger partial charge in [-0.3, -0.25) is 0 Å². The lowest BCUT2D eigenvalue weighted by Crippen LogP contribution is -2.26. The second kappa shape index (κ2) is 20.2. The predicted octanol–water partition coefficient (Wildman–Crippen LogP) is 13.2. The van der Waals surface area contributed by atoms with Crippen molar-refractivity contribution in [3.05, 3.63) is 88.5 Å². The minimum Gasteiger partial charge on any atom is -0.372 e. The minimum atomic E-state index is 0.00998. The molecule has 1 nitrogen and oxygen atoms in total. The molecule has 0 radical (unpaired) electrons. The van der Waals surface area contributed by atoms with Gasteiger partial charge in [0.2, 0.25) is 0 Å². The Morgan fingerprint density at radius 2 is 0.938 bits per heavy atom. The number of terminal acetylenes is 1. The number of hydrogen-bond acceptors (Lipinski definition) is 1. The molecule has 0 bridgehead atoms. The Hall–Kier alpha value is -3.42. The van der Waals surface area contributed by atoms with Gasteiger partial charge < -0.3 is 4.90 Å². The molecule has 0 aliphatic heterocycles. The molecule has 0 atom stereocenters. The lowest BCUT2D eigenvalue weighted by Gasteiger charge is -2.33. The van der Waals surface area contributed by atoms with Crippen LogP contribution in [0.15, 0.2) is 60.7 Å². The molecule has 1 aliphatic rings. The Kier molecular flexibility index (Phi) is 15.7. The van der Waals surface area contributed by atoms with Crippen LogP contribution < -0.4 is 4.90 Å². The molecule has 0 aromatic heterocycles. The summed E-state index contributed by atoms with van der Waals surface area (Å²) in [4.78, 5) is 2.60. The fraction of sp³-hybridized carbons (Fsp3) is 0.532. The number of nitrogens with zero attached hydrogens (tertiary/aromatic N) is 1. The van der Waals surface area contributed by atoms with Gasteiger partial charge in [-0.15, -0.1) is 6.42 Å². The van der Waals surface area contributed by atoms with Gasteiger partial charge in [0, 0.05) is 40.9 Å². The molecule has 0 saturated carbocycles. The Bertz CT molecular complexity index is 1470. The van der Waals surface area contributed by atoms with E-state index in [1.54, 1.807) is 0 Å². The average Bonchev–Trinajstić information content (AvgIpc) is 3.38. The molecule has 3 aromatic rings. The number of hydrogen-bond donors (Lipinski definition) is 0. The summed E-state index contributed by atoms with van der Waals surface area (Å²) in [7, 11) is 0. The maximum absolute atomic E-state index is 5.96. The third-order valence-electron chi connectivity index (χ3n) is 10.6. The summed E-state index contributed by atoms with van der Waals surface area (Å²) in [6.07, 6.45) is 28.9. The van der Waals surface area contributed by atoms with Crippen molar-refractivity contribution in [1.29, 1.82) is 0 Å². The van der Waals surface area contributed by atoms with Crippen molar-refractivity contribution in [2.24, 2.45) is 0 Å². The normalized spacial score (nSPS) is 12.6. The molecule has 0 N–H and O–H groups in total. The number of rotatable bonds is 21. The monoisotopic (exact) mass is 641 g/mol. The van der Waals surface area contributed by atoms with Crippen LogP contribution in [0.5, 0.6) is 0 Å². The van der Waals surface area contributed by atoms with Gasteiger partial charge in [-0.2, -0.15) is 0 Å². The van der Waals surface area contributed by atoms with Gasteiger partial charge in [0.05, 0.1) is 0 Å². The molecule has 48 heavy (non-hydrogen) atoms. The fourth-order valence-electron chi connectivity index (χ4n) is 7.76. The van der Waals surface area contributed by atoms with Crippen LogP contribution in [-0.4, -0.2) is 13.1 Å². The molecule has 1 heteroatoms. The van der Waals surface area contributed by atoms with Crippen LogP contribution in [0.4, 0.5) is 5.69 Å². The van der Waals surface area contributed by atoms with Crippen molar-refractivity contribution < 1.29 is 0 Å². The molecule has 0 unspecified atom stereocenters. The Labute approximate surface area is 295 Å². The smallest absolute Gasteiger partial charge is 0.0367 e. The summed E-state index contributed by atoms with van der Waals surface area (Å²) in [5, 5.41) is 0. The van der Waals surface area contributed by atoms with E-state index < -0.39 is 0 Å². The van der Waals surface area contributed by atoms with Crippen LogP contribution >= 0.6 is 0 Å². The molecule has 0 fully saturated rings. The molecule has 1 aliphatic carbocycles. The second-order valence-electron chi connectivity index (χ2n) is 14.3. The Balaban J connectivity index is 1.61. The maximum Gasteiger partial charge on any atom is 0.0367 e. The van der Waals surface area contributed by atoms with Crippen molar-refractivity contribution in [1.82, 2.24) is 0 Å². The van der Waals surface area contributed by atoms with Crippen molar-refractivity contribution >= 4 is 5.69 Å². The van der Waals surface area contributed by atoms with Crippen LogP contribution in [0, 0.1) is 24.2 Å². The van der Waals surface area contributed by atoms with Crippen molar-refractivity contribution in [2.45, 2.75) is 149 Å². The quantitative estimate of drug-likeness (QED) is 0.0826. The van der Waals surface area contributed by atoms with Gasteiger partial charge >= 0.3 is 0 Å². The van der Waals surface area contributed by atoms with Gasteiger partial charge in [-0.05, 0) is 96.5 Å². The van der Waals surface area contributed by atoms with E-state index in [-0.39, 0.29) is 5.41 Å². The van der Waals surface area contributed by atoms with E-state index in [9.17, 15) is 0 Å². The molecule has 256 valence electrons. The molecule has 4 rings (SSSR count). The van der Waals surface area contributed by atoms with Crippen LogP contribution in [0.3, 0.4) is 0 Å². The first-order chi connectivity index (χ1) is 23.6. The first-order valence-corrected chi connectivity index (χ1v) is 19.7. The van der Waals surface area contributed by atoms with Crippen LogP contribution in [0.2, 0.25) is 0 Å². The van der Waals surface area contributed by atoms with Gasteiger partial charge in [-0.25, -0.2) is 0 Å². The van der Waals surface area contributed by atoms with Crippen LogP contribution in [-0.2, 0) is 5.41 Å². The first-order valence-electron chi connectivity index (χ1n) is 19.7. The lowest BCUT2D eigenvalue weighted by atomic mass is 9.70. The Morgan fingerprint density at radius 1 is 0.500 bits per heavy atom. The fourth-order valence-corrected chi connectivity index (χ4v) is 7.76. The van der Waals surface area contributed by atoms with E-state index in [2.05, 4.69) is 111 Å². The standard InChI is InChI=1S/C47H63N/c1-6-11-15-19-33-47(34-20-16-12-7-2)45-37-39(10-5)27-31-43(45)44-32-28-41(38-46(44)47)24-23-40-25-29-42(30-26-40)48(35-21-17-13-8-3)36-22-18-14-9-4/h5,25-32,37-38H,6-9,11-22,33-36H2,1-4H3. The number of anilines is 1. The van der Waals surface area contributed by atoms with Crippen LogP contribution in [0.1, 0.15) is 171 Å². The minimum absolute atomic E-state index is 0.00998. The van der Waals surface area contributed by atoms with Crippen LogP contribution in [0.25, 0.3) is 11.1 Å². The highest BCUT2D eigenvalue weighted by molar-refractivity contribution is 5.82. The van der Waals surface area contributed by atoms with Crippen molar-refractivity contribution in [3.63, 3.8) is 0 Å². The average molecular weight is 642 g/mol. The molecule has 0 heterocycles. The highest BCUT2D eigenvalue weighted by Gasteiger charge is 2.42. The third kappa shape index (κ3) is 10.1. The van der Waals surface area contributed by atoms with Gasteiger partial charge in [0.15, 0.2) is 0 Å². The third-order valence-corrected chi connectivity index (χ3v) is 10.6. The Morgan fingerprint density at radius 3 is 1.44 bits per heavy atom. The summed E-state index contributed by atoms with van der Waals surface area (Å²) in [6.45, 7) is 11.5. The summed E-state index contributed by atoms with van der Waals surface area (Å²) < 4.78 is 0. The van der Waals surface area contributed by atoms with Gasteiger partial charge in [0.25, 0.3) is 0 Å². The van der Waals surface area contributed by atoms with E-state index in [0.717, 1.165) is 29.8 Å². The summed E-state index contributed by atoms with van der Waals surface area (Å²) >= 11 is 0. The number of benzene rings is 3. The summed E-state index contributed by atoms with van der Waals surface area (Å²) in [5.41, 5.74) is 10.2. The van der Waals surface area contributed by atoms with E-state index in [0.29, 0.717) is 0 Å². The SMILES string of the molecule is C#Cc1ccc2c(c1)C(CCCCCC)(CCCCCC)c1cc(C#Cc3ccc(N(CCCCCC)CCCCCC)cc3)ccc1-2. The largest absolute Gasteiger partial charge is 0.372 e. The van der Waals surface area contributed by atoms with Gasteiger partial charge in [0.1, 0.15) is 0 Å². The molecule has 0 amide bonds. The van der Waals surface area contributed by atoms with E-state index in [1.807, 2.05) is 0 Å². The van der Waals surface area contributed by atoms with E-state index >= 15 is 0 Å². The highest BCUT2D eigenvalue weighted by atomic mass is 15.1. The molecule has 0 spiro atoms. The molecular formula is C47H63N. The second-order valence-corrected chi connectivity index (χ2v) is 14.3. The maximum atomic E-state index is 5.96. The zero-order valence-electron chi connectivity index (χ0n) is 30.9. The first kappa shape index (κ1) is 37.4. The topological polar surface area (TPSA) is 3.24 Å². The lowest BCUT2D eigenvalue weighted by molar-refractivity contribution is 0.401. The van der Waals surface area contributed by atoms with E-state index in [4.69, 9.17) is 6.42 Å². The predicted molar refractivity (Wildman–Crippen MR) is 211 cm³/mol. The summed E-state index contributed by atoms with van der Waals surface area (Å²) in [6, 6.07) is 22.8. The van der Waals surface area contributed by atoms with Gasteiger partial charge in [-0.1, -0.05) is 147 Å². The van der Waals surface area contributed by atoms with Crippen molar-refractivity contribution in [2.75, 3.05) is 18.0 Å². The number of unbranched alkanes of at least 4 members (excludes halogenated alkanes) is 12. The highest BCUT2D eigenvalue weighted by Crippen LogP contribution is 2.54. The molecular weight excluding hydrogens is 579 g/mol. The van der Waals surface area contributed by atoms with E-state index in [1.165, 1.54) is 144 Å². The summed E-state index contributed by atoms with van der Waals surface area (Å²) in [5.74, 6) is 10.0. The number of fused-ring (bicyclic) bond motifs is 3. The zero-order valence-corrected chi connectivity index (χ0v) is 30.9. The van der Waals surface area contributed by atoms with Crippen molar-refractivity contribution in [3.8, 4) is 35.3 Å². The molecule has 0 saturated heterocycles. The zero-order chi connectivity index (χ0) is 34.0. The molecule has 3 aromatic carbocycles.